The van der Waals surface area contributed by atoms with E-state index in [4.69, 9.17) is 22.1 Å². The third-order valence-electron chi connectivity index (χ3n) is 12.2. The van der Waals surface area contributed by atoms with Crippen LogP contribution in [0.25, 0.3) is 44.3 Å². The van der Waals surface area contributed by atoms with Gasteiger partial charge in [0, 0.05) is 97.3 Å². The summed E-state index contributed by atoms with van der Waals surface area (Å²) in [4.78, 5) is 47.4. The maximum atomic E-state index is 13.3. The zero-order valence-corrected chi connectivity index (χ0v) is 39.4. The molecule has 1 atom stereocenters. The van der Waals surface area contributed by atoms with Crippen LogP contribution in [0.15, 0.2) is 110 Å². The minimum Gasteiger partial charge on any atom is -0.508 e. The van der Waals surface area contributed by atoms with E-state index in [1.54, 1.807) is 48.8 Å². The fraction of sp³-hybridized carbons (Fsp3) is 0.264. The van der Waals surface area contributed by atoms with Crippen molar-refractivity contribution in [2.45, 2.75) is 65.1 Å². The number of phenolic OH excluding ortho intramolecular Hbond substituents is 1. The molecule has 0 bridgehead atoms. The van der Waals surface area contributed by atoms with Gasteiger partial charge in [0.1, 0.15) is 23.0 Å². The molecule has 0 saturated carbocycles. The average molecular weight is 935 g/mol. The molecule has 0 spiro atoms. The molecule has 3 aromatic heterocycles. The fourth-order valence-electron chi connectivity index (χ4n) is 8.61. The monoisotopic (exact) mass is 933 g/mol. The molecule has 0 radical (unpaired) electrons. The number of nitrogens with two attached hydrogens (primary N) is 1. The van der Waals surface area contributed by atoms with Crippen molar-refractivity contribution in [1.82, 2.24) is 30.5 Å². The van der Waals surface area contributed by atoms with Gasteiger partial charge in [-0.05, 0) is 109 Å². The number of halogens is 1. The molecule has 1 unspecified atom stereocenters. The second kappa shape index (κ2) is 20.5. The number of unbranched alkanes of at least 4 members (excludes halogenated alkanes) is 3. The van der Waals surface area contributed by atoms with Crippen molar-refractivity contribution in [3.05, 3.63) is 137 Å². The van der Waals surface area contributed by atoms with Gasteiger partial charge in [0.2, 0.25) is 5.91 Å². The Kier molecular flexibility index (Phi) is 14.2. The van der Waals surface area contributed by atoms with Gasteiger partial charge in [-0.2, -0.15) is 0 Å². The first-order chi connectivity index (χ1) is 32.8. The number of nitrogen functional groups attached to an aromatic ring is 1. The minimum atomic E-state index is -0.986. The second-order valence-corrected chi connectivity index (χ2v) is 17.6. The summed E-state index contributed by atoms with van der Waals surface area (Å²) in [5, 5.41) is 27.1. The van der Waals surface area contributed by atoms with E-state index in [-0.39, 0.29) is 42.1 Å². The van der Waals surface area contributed by atoms with Gasteiger partial charge >= 0.3 is 0 Å². The average Bonchev–Trinajstić information content (AvgIpc) is 3.87. The number of carbonyl (C=O) groups is 3. The molecule has 4 aromatic carbocycles. The molecule has 0 saturated heterocycles. The molecule has 7 aromatic rings. The lowest BCUT2D eigenvalue weighted by Crippen LogP contribution is -2.44. The van der Waals surface area contributed by atoms with E-state index in [9.17, 15) is 19.5 Å². The van der Waals surface area contributed by atoms with Crippen LogP contribution in [0.1, 0.15) is 77.9 Å². The Morgan fingerprint density at radius 3 is 2.22 bits per heavy atom. The van der Waals surface area contributed by atoms with E-state index in [1.165, 1.54) is 0 Å². The number of fused-ring (bicyclic) bond motifs is 2. The molecule has 8 rings (SSSR count). The van der Waals surface area contributed by atoms with Crippen LogP contribution in [0.5, 0.6) is 11.5 Å². The topological polar surface area (TPSA) is 198 Å². The molecule has 0 fully saturated rings. The minimum absolute atomic E-state index is 0.140. The van der Waals surface area contributed by atoms with E-state index in [0.29, 0.717) is 41.7 Å². The lowest BCUT2D eigenvalue weighted by Gasteiger charge is -2.27. The lowest BCUT2D eigenvalue weighted by molar-refractivity contribution is -0.120. The van der Waals surface area contributed by atoms with Gasteiger partial charge in [-0.25, -0.2) is 4.98 Å². The number of nitrogens with zero attached hydrogens (tertiary/aromatic N) is 3. The highest BCUT2D eigenvalue weighted by Crippen LogP contribution is 2.43. The number of nitrogens with one attached hydrogen (secondary N) is 5. The van der Waals surface area contributed by atoms with Crippen LogP contribution in [0.2, 0.25) is 5.02 Å². The number of aryl methyl sites for hydroxylation is 2. The highest BCUT2D eigenvalue weighted by Gasteiger charge is 2.35. The van der Waals surface area contributed by atoms with Crippen molar-refractivity contribution in [3.8, 4) is 44.9 Å². The zero-order chi connectivity index (χ0) is 48.0. The molecule has 14 nitrogen and oxygen atoms in total. The van der Waals surface area contributed by atoms with E-state index in [0.717, 1.165) is 92.5 Å². The Bertz CT molecular complexity index is 2990. The number of aromatic hydroxyl groups is 1. The van der Waals surface area contributed by atoms with Crippen molar-refractivity contribution in [2.75, 3.05) is 36.0 Å². The first-order valence-electron chi connectivity index (χ1n) is 22.9. The van der Waals surface area contributed by atoms with Crippen molar-refractivity contribution in [2.24, 2.45) is 7.05 Å². The summed E-state index contributed by atoms with van der Waals surface area (Å²) in [5.74, 6) is -0.596. The number of pyridine rings is 2. The predicted molar refractivity (Wildman–Crippen MR) is 270 cm³/mol. The van der Waals surface area contributed by atoms with Gasteiger partial charge < -0.3 is 46.7 Å². The Labute approximate surface area is 400 Å². The van der Waals surface area contributed by atoms with Gasteiger partial charge in [0.05, 0.1) is 16.4 Å². The first kappa shape index (κ1) is 46.9. The van der Waals surface area contributed by atoms with Crippen LogP contribution in [0.4, 0.5) is 17.2 Å². The highest BCUT2D eigenvalue weighted by atomic mass is 35.5. The van der Waals surface area contributed by atoms with Crippen LogP contribution in [0, 0.1) is 6.92 Å². The highest BCUT2D eigenvalue weighted by molar-refractivity contribution is 6.34. The summed E-state index contributed by atoms with van der Waals surface area (Å²) in [5.41, 5.74) is 16.9. The second-order valence-electron chi connectivity index (χ2n) is 17.2. The molecular formula is C53H56ClN9O5. The molecule has 0 aliphatic carbocycles. The quantitative estimate of drug-likeness (QED) is 0.0407. The molecule has 1 aliphatic rings. The van der Waals surface area contributed by atoms with Crippen LogP contribution in [0.3, 0.4) is 0 Å². The number of anilines is 3. The summed E-state index contributed by atoms with van der Waals surface area (Å²) < 4.78 is 8.50. The van der Waals surface area contributed by atoms with E-state index < -0.39 is 5.85 Å². The fourth-order valence-corrected chi connectivity index (χ4v) is 8.88. The predicted octanol–water partition coefficient (Wildman–Crippen LogP) is 9.60. The summed E-state index contributed by atoms with van der Waals surface area (Å²) in [6.45, 7) is 7.03. The molecule has 4 heterocycles. The van der Waals surface area contributed by atoms with Crippen molar-refractivity contribution < 1.29 is 24.2 Å². The van der Waals surface area contributed by atoms with Gasteiger partial charge in [-0.3, -0.25) is 19.4 Å². The number of hydrogen-bond acceptors (Lipinski definition) is 10. The molecule has 1 aliphatic heterocycles. The van der Waals surface area contributed by atoms with Crippen molar-refractivity contribution in [3.63, 3.8) is 0 Å². The maximum absolute atomic E-state index is 13.3. The zero-order valence-electron chi connectivity index (χ0n) is 38.6. The molecule has 350 valence electrons. The Balaban J connectivity index is 0.723. The first-order valence-corrected chi connectivity index (χ1v) is 23.3. The van der Waals surface area contributed by atoms with E-state index in [1.807, 2.05) is 64.3 Å². The summed E-state index contributed by atoms with van der Waals surface area (Å²) in [7, 11) is 2.03. The number of benzene rings is 4. The number of hydrogen-bond donors (Lipinski definition) is 7. The molecule has 15 heteroatoms. The van der Waals surface area contributed by atoms with Crippen LogP contribution in [-0.4, -0.2) is 62.8 Å². The van der Waals surface area contributed by atoms with Crippen LogP contribution < -0.4 is 37.1 Å². The normalized spacial score (nSPS) is 13.9. The van der Waals surface area contributed by atoms with Crippen LogP contribution in [-0.2, 0) is 18.3 Å². The summed E-state index contributed by atoms with van der Waals surface area (Å²) in [6, 6.07) is 28.1. The SMILES string of the molecule is CCc1c(-c2ccc(C(=O)NCCC(=O)NCCCCCCNC(=O)c3cc(OC4(C)Nc5cc(Cl)c(-c6ccc7c(ccn7C)c6)cc5N4)ccc3C)nc2)cnc(N)c1-c1ccc(O)cc1. The number of carbonyl (C=O) groups excluding carboxylic acids is 3. The third kappa shape index (κ3) is 10.7. The van der Waals surface area contributed by atoms with Crippen molar-refractivity contribution in [1.29, 1.82) is 0 Å². The van der Waals surface area contributed by atoms with Gasteiger partial charge in [0.25, 0.3) is 17.7 Å². The van der Waals surface area contributed by atoms with E-state index >= 15 is 0 Å². The molecule has 8 N–H and O–H groups in total. The van der Waals surface area contributed by atoms with Gasteiger partial charge in [-0.15, -0.1) is 0 Å². The van der Waals surface area contributed by atoms with Gasteiger partial charge in [-0.1, -0.05) is 61.7 Å². The lowest BCUT2D eigenvalue weighted by atomic mass is 9.92. The molecule has 68 heavy (non-hydrogen) atoms. The van der Waals surface area contributed by atoms with E-state index in [2.05, 4.69) is 65.4 Å². The third-order valence-corrected chi connectivity index (χ3v) is 12.5. The van der Waals surface area contributed by atoms with Crippen LogP contribution >= 0.6 is 11.6 Å². The summed E-state index contributed by atoms with van der Waals surface area (Å²) in [6.07, 6.45) is 9.55. The van der Waals surface area contributed by atoms with Crippen molar-refractivity contribution >= 4 is 57.4 Å². The number of phenols is 1. The summed E-state index contributed by atoms with van der Waals surface area (Å²) >= 11 is 6.80. The Hall–Kier alpha value is -7.58. The number of ether oxygens (including phenoxy) is 1. The largest absolute Gasteiger partial charge is 0.508 e. The van der Waals surface area contributed by atoms with Gasteiger partial charge in [0.15, 0.2) is 0 Å². The maximum Gasteiger partial charge on any atom is 0.269 e. The molecule has 3 amide bonds. The number of rotatable bonds is 18. The smallest absolute Gasteiger partial charge is 0.269 e. The number of amides is 3. The number of aromatic nitrogens is 3. The Morgan fingerprint density at radius 1 is 0.779 bits per heavy atom. The molecular weight excluding hydrogens is 878 g/mol. The Morgan fingerprint density at radius 2 is 1.49 bits per heavy atom. The standard InChI is InChI=1S/C53H56ClN9O5/c1-5-39-42(31-60-50(55)49(39)33-11-15-37(64)16-12-33)36-13-18-44(59-30-36)52(67)58-24-20-48(65)56-22-8-6-7-9-23-57-51(66)40-27-38(17-10-32(40)2)68-53(3)61-45-28-41(43(54)29-46(45)62-53)34-14-19-47-35(26-34)21-25-63(47)4/h10-19,21,25-31,61-62,64H,5-9,20,22-24H2,1-4H3,(H2,55,60)(H,56,65)(H,57,66)(H,58,67).